The molecule has 4 nitrogen and oxygen atoms in total. The van der Waals surface area contributed by atoms with E-state index in [4.69, 9.17) is 5.11 Å². The van der Waals surface area contributed by atoms with E-state index in [1.165, 1.54) is 0 Å². The monoisotopic (exact) mass is 263 g/mol. The normalized spacial score (nSPS) is 9.46. The molecular weight excluding hydrogens is 245 g/mol. The van der Waals surface area contributed by atoms with Crippen molar-refractivity contribution in [2.45, 2.75) is 20.3 Å². The van der Waals surface area contributed by atoms with E-state index in [2.05, 4.69) is 24.1 Å². The summed E-state index contributed by atoms with van der Waals surface area (Å²) < 4.78 is 0. The molecule has 0 aliphatic carbocycles. The minimum atomic E-state index is -0.942. The number of hydrogen-bond donors (Lipinski definition) is 2. The van der Waals surface area contributed by atoms with E-state index in [9.17, 15) is 4.79 Å². The van der Waals surface area contributed by atoms with Crippen LogP contribution in [0, 0.1) is 0 Å². The van der Waals surface area contributed by atoms with Crippen LogP contribution in [0.2, 0.25) is 0 Å². The predicted octanol–water partition coefficient (Wildman–Crippen LogP) is 0.983. The Bertz CT molecular complexity index is 133. The summed E-state index contributed by atoms with van der Waals surface area (Å²) in [6.07, 6.45) is 0.170. The number of likely N-dealkylation sites (N-methyl/N-ethyl adjacent to an activating group) is 1. The van der Waals surface area contributed by atoms with Gasteiger partial charge in [0, 0.05) is 45.8 Å². The quantitative estimate of drug-likeness (QED) is 0.751. The molecule has 75 valence electrons. The summed E-state index contributed by atoms with van der Waals surface area (Å²) in [5, 5.41) is 10.6. The maximum atomic E-state index is 10.1. The van der Waals surface area contributed by atoms with Crippen molar-refractivity contribution in [3.05, 3.63) is 0 Å². The molecule has 0 aliphatic rings. The molecule has 1 radical (unpaired) electrons. The molecule has 2 N–H and O–H groups in total. The standard InChI is InChI=1S/C8H18N2O2.Y/c1-3-6-10(4-2)7-5-9-8(11)12;/h9H,3-7H2,1-2H3,(H,11,12);. The predicted molar refractivity (Wildman–Crippen MR) is 48.4 cm³/mol. The van der Waals surface area contributed by atoms with Gasteiger partial charge in [0.1, 0.15) is 0 Å². The van der Waals surface area contributed by atoms with Crippen LogP contribution in [-0.2, 0) is 32.7 Å². The summed E-state index contributed by atoms with van der Waals surface area (Å²) in [6.45, 7) is 7.54. The molecule has 13 heavy (non-hydrogen) atoms. The van der Waals surface area contributed by atoms with Crippen molar-refractivity contribution in [1.82, 2.24) is 10.2 Å². The number of nitrogens with zero attached hydrogens (tertiary/aromatic N) is 1. The molecule has 0 saturated carbocycles. The van der Waals surface area contributed by atoms with Crippen molar-refractivity contribution in [2.75, 3.05) is 26.2 Å². The molecular formula is C8H18N2O2Y. The third kappa shape index (κ3) is 10.3. The second-order valence-electron chi connectivity index (χ2n) is 2.67. The average molecular weight is 263 g/mol. The van der Waals surface area contributed by atoms with Crippen LogP contribution in [0.5, 0.6) is 0 Å². The summed E-state index contributed by atoms with van der Waals surface area (Å²) in [5.41, 5.74) is 0. The molecule has 0 fully saturated rings. The Balaban J connectivity index is 0. The molecule has 0 aliphatic heterocycles. The first-order valence-electron chi connectivity index (χ1n) is 4.39. The first-order chi connectivity index (χ1) is 5.70. The topological polar surface area (TPSA) is 52.6 Å². The van der Waals surface area contributed by atoms with Crippen LogP contribution < -0.4 is 5.32 Å². The fraction of sp³-hybridized carbons (Fsp3) is 0.875. The Labute approximate surface area is 105 Å². The van der Waals surface area contributed by atoms with Gasteiger partial charge < -0.3 is 15.3 Å². The molecule has 0 spiro atoms. The van der Waals surface area contributed by atoms with E-state index in [0.29, 0.717) is 6.54 Å². The van der Waals surface area contributed by atoms with E-state index in [0.717, 1.165) is 26.1 Å². The third-order valence-electron chi connectivity index (χ3n) is 1.69. The fourth-order valence-corrected chi connectivity index (χ4v) is 1.07. The van der Waals surface area contributed by atoms with Gasteiger partial charge in [0.25, 0.3) is 0 Å². The fourth-order valence-electron chi connectivity index (χ4n) is 1.07. The van der Waals surface area contributed by atoms with Gasteiger partial charge in [-0.3, -0.25) is 0 Å². The second kappa shape index (κ2) is 10.4. The van der Waals surface area contributed by atoms with Crippen LogP contribution in [0.15, 0.2) is 0 Å². The van der Waals surface area contributed by atoms with Crippen LogP contribution in [0.1, 0.15) is 20.3 Å². The van der Waals surface area contributed by atoms with Gasteiger partial charge in [-0.1, -0.05) is 13.8 Å². The second-order valence-corrected chi connectivity index (χ2v) is 2.67. The molecule has 0 aromatic heterocycles. The van der Waals surface area contributed by atoms with Crippen LogP contribution in [0.3, 0.4) is 0 Å². The Morgan fingerprint density at radius 3 is 2.38 bits per heavy atom. The van der Waals surface area contributed by atoms with Crippen LogP contribution in [0.4, 0.5) is 4.79 Å². The molecule has 0 aromatic rings. The Hall–Kier alpha value is 0.334. The first-order valence-corrected chi connectivity index (χ1v) is 4.39. The number of amides is 1. The molecule has 0 heterocycles. The summed E-state index contributed by atoms with van der Waals surface area (Å²) in [6, 6.07) is 0. The smallest absolute Gasteiger partial charge is 0.404 e. The van der Waals surface area contributed by atoms with E-state index < -0.39 is 6.09 Å². The number of rotatable bonds is 6. The van der Waals surface area contributed by atoms with Gasteiger partial charge in [0.2, 0.25) is 0 Å². The minimum absolute atomic E-state index is 0. The summed E-state index contributed by atoms with van der Waals surface area (Å²) in [4.78, 5) is 12.3. The van der Waals surface area contributed by atoms with E-state index >= 15 is 0 Å². The van der Waals surface area contributed by atoms with Crippen molar-refractivity contribution < 1.29 is 42.6 Å². The molecule has 0 bridgehead atoms. The summed E-state index contributed by atoms with van der Waals surface area (Å²) in [7, 11) is 0. The molecule has 0 atom stereocenters. The zero-order chi connectivity index (χ0) is 9.40. The van der Waals surface area contributed by atoms with Crippen molar-refractivity contribution >= 4 is 6.09 Å². The van der Waals surface area contributed by atoms with Crippen LogP contribution in [0.25, 0.3) is 0 Å². The molecule has 1 amide bonds. The first kappa shape index (κ1) is 15.8. The maximum Gasteiger partial charge on any atom is 0.404 e. The average Bonchev–Trinajstić information content (AvgIpc) is 2.02. The van der Waals surface area contributed by atoms with Crippen molar-refractivity contribution in [3.63, 3.8) is 0 Å². The van der Waals surface area contributed by atoms with Gasteiger partial charge in [0.15, 0.2) is 0 Å². The Morgan fingerprint density at radius 2 is 2.00 bits per heavy atom. The van der Waals surface area contributed by atoms with Gasteiger partial charge in [-0.25, -0.2) is 4.79 Å². The maximum absolute atomic E-state index is 10.1. The van der Waals surface area contributed by atoms with E-state index in [-0.39, 0.29) is 32.7 Å². The SMILES string of the molecule is CCCN(CC)CCNC(=O)O.[Y]. The molecule has 5 heteroatoms. The number of nitrogens with one attached hydrogen (secondary N) is 1. The van der Waals surface area contributed by atoms with Gasteiger partial charge in [-0.05, 0) is 19.5 Å². The zero-order valence-electron chi connectivity index (χ0n) is 8.42. The largest absolute Gasteiger partial charge is 0.465 e. The Kier molecular flexibility index (Phi) is 12.7. The van der Waals surface area contributed by atoms with Crippen LogP contribution >= 0.6 is 0 Å². The number of hydrogen-bond acceptors (Lipinski definition) is 2. The molecule has 0 saturated heterocycles. The minimum Gasteiger partial charge on any atom is -0.465 e. The summed E-state index contributed by atoms with van der Waals surface area (Å²) in [5.74, 6) is 0. The van der Waals surface area contributed by atoms with Gasteiger partial charge in [-0.2, -0.15) is 0 Å². The van der Waals surface area contributed by atoms with E-state index in [1.54, 1.807) is 0 Å². The van der Waals surface area contributed by atoms with E-state index in [1.807, 2.05) is 0 Å². The third-order valence-corrected chi connectivity index (χ3v) is 1.69. The number of carboxylic acid groups (broad SMARTS) is 1. The molecule has 0 unspecified atom stereocenters. The van der Waals surface area contributed by atoms with Crippen molar-refractivity contribution in [2.24, 2.45) is 0 Å². The van der Waals surface area contributed by atoms with Gasteiger partial charge in [-0.15, -0.1) is 0 Å². The number of carbonyl (C=O) groups is 1. The zero-order valence-corrected chi connectivity index (χ0v) is 11.3. The molecule has 0 aromatic carbocycles. The van der Waals surface area contributed by atoms with Crippen LogP contribution in [-0.4, -0.2) is 42.3 Å². The Morgan fingerprint density at radius 1 is 1.38 bits per heavy atom. The van der Waals surface area contributed by atoms with Crippen molar-refractivity contribution in [1.29, 1.82) is 0 Å². The van der Waals surface area contributed by atoms with Crippen molar-refractivity contribution in [3.8, 4) is 0 Å². The van der Waals surface area contributed by atoms with Gasteiger partial charge >= 0.3 is 6.09 Å². The van der Waals surface area contributed by atoms with Gasteiger partial charge in [0.05, 0.1) is 0 Å². The molecule has 0 rings (SSSR count). The summed E-state index contributed by atoms with van der Waals surface area (Å²) >= 11 is 0.